The van der Waals surface area contributed by atoms with Crippen LogP contribution >= 0.6 is 0 Å². The molecule has 20 heavy (non-hydrogen) atoms. The maximum Gasteiger partial charge on any atom is 0.240 e. The Hall–Kier alpha value is -1.08. The molecule has 1 unspecified atom stereocenters. The van der Waals surface area contributed by atoms with E-state index in [1.807, 2.05) is 14.1 Å². The third kappa shape index (κ3) is 4.49. The summed E-state index contributed by atoms with van der Waals surface area (Å²) in [5.41, 5.74) is -0.796. The molecule has 1 rings (SSSR count). The molecule has 1 saturated carbocycles. The molecule has 114 valence electrons. The smallest absolute Gasteiger partial charge is 0.240 e. The van der Waals surface area contributed by atoms with Crippen molar-refractivity contribution in [3.05, 3.63) is 0 Å². The lowest BCUT2D eigenvalue weighted by molar-refractivity contribution is -0.130. The summed E-state index contributed by atoms with van der Waals surface area (Å²) in [6.45, 7) is 5.03. The third-order valence-corrected chi connectivity index (χ3v) is 4.29. The predicted octanol–water partition coefficient (Wildman–Crippen LogP) is 2.55. The highest BCUT2D eigenvalue weighted by molar-refractivity contribution is 5.85. The Morgan fingerprint density at radius 3 is 2.20 bits per heavy atom. The van der Waals surface area contributed by atoms with Crippen LogP contribution in [0.15, 0.2) is 0 Å². The fourth-order valence-corrected chi connectivity index (χ4v) is 2.84. The monoisotopic (exact) mass is 279 g/mol. The minimum Gasteiger partial charge on any atom is -0.350 e. The summed E-state index contributed by atoms with van der Waals surface area (Å²) in [4.78, 5) is 14.7. The van der Waals surface area contributed by atoms with E-state index >= 15 is 0 Å². The number of nitrogens with one attached hydrogen (secondary N) is 1. The first-order valence-electron chi connectivity index (χ1n) is 7.78. The van der Waals surface area contributed by atoms with E-state index in [1.54, 1.807) is 0 Å². The Morgan fingerprint density at radius 1 is 1.25 bits per heavy atom. The van der Waals surface area contributed by atoms with Gasteiger partial charge in [0, 0.05) is 12.6 Å². The second-order valence-corrected chi connectivity index (χ2v) is 6.69. The van der Waals surface area contributed by atoms with Gasteiger partial charge in [0.05, 0.1) is 6.07 Å². The van der Waals surface area contributed by atoms with Gasteiger partial charge < -0.3 is 10.2 Å². The van der Waals surface area contributed by atoms with Crippen molar-refractivity contribution in [3.8, 4) is 6.07 Å². The molecule has 0 aromatic carbocycles. The Labute approximate surface area is 123 Å². The fourth-order valence-electron chi connectivity index (χ4n) is 2.84. The molecule has 1 atom stereocenters. The standard InChI is InChI=1S/C16H29N3O/c1-13(2)14(11-19(3)4)18-15(20)16(12-17)9-7-5-6-8-10-16/h13-14H,5-11H2,1-4H3,(H,18,20). The van der Waals surface area contributed by atoms with Crippen molar-refractivity contribution in [1.29, 1.82) is 5.26 Å². The summed E-state index contributed by atoms with van der Waals surface area (Å²) < 4.78 is 0. The first-order valence-corrected chi connectivity index (χ1v) is 7.78. The SMILES string of the molecule is CC(C)C(CN(C)C)NC(=O)C1(C#N)CCCCCC1. The van der Waals surface area contributed by atoms with E-state index in [4.69, 9.17) is 0 Å². The summed E-state index contributed by atoms with van der Waals surface area (Å²) in [5, 5.41) is 12.7. The molecule has 0 heterocycles. The number of hydrogen-bond acceptors (Lipinski definition) is 3. The fraction of sp³-hybridized carbons (Fsp3) is 0.875. The molecule has 1 N–H and O–H groups in total. The van der Waals surface area contributed by atoms with E-state index in [2.05, 4.69) is 30.1 Å². The van der Waals surface area contributed by atoms with Crippen molar-refractivity contribution >= 4 is 5.91 Å². The molecule has 0 bridgehead atoms. The summed E-state index contributed by atoms with van der Waals surface area (Å²) >= 11 is 0. The van der Waals surface area contributed by atoms with E-state index in [0.29, 0.717) is 18.8 Å². The Morgan fingerprint density at radius 2 is 1.80 bits per heavy atom. The topological polar surface area (TPSA) is 56.1 Å². The van der Waals surface area contributed by atoms with E-state index < -0.39 is 5.41 Å². The average molecular weight is 279 g/mol. The summed E-state index contributed by atoms with van der Waals surface area (Å²) in [5.74, 6) is 0.310. The number of nitrogens with zero attached hydrogens (tertiary/aromatic N) is 2. The van der Waals surface area contributed by atoms with Crippen LogP contribution in [-0.4, -0.2) is 37.5 Å². The van der Waals surface area contributed by atoms with Crippen molar-refractivity contribution in [2.24, 2.45) is 11.3 Å². The van der Waals surface area contributed by atoms with Crippen molar-refractivity contribution in [3.63, 3.8) is 0 Å². The zero-order valence-electron chi connectivity index (χ0n) is 13.4. The van der Waals surface area contributed by atoms with E-state index in [0.717, 1.165) is 32.2 Å². The number of likely N-dealkylation sites (N-methyl/N-ethyl adjacent to an activating group) is 1. The zero-order valence-corrected chi connectivity index (χ0v) is 13.4. The molecular weight excluding hydrogens is 250 g/mol. The lowest BCUT2D eigenvalue weighted by Crippen LogP contribution is -2.50. The number of carbonyl (C=O) groups excluding carboxylic acids is 1. The first-order chi connectivity index (χ1) is 9.41. The number of amides is 1. The molecule has 0 aromatic heterocycles. The minimum atomic E-state index is -0.796. The van der Waals surface area contributed by atoms with Gasteiger partial charge in [0.15, 0.2) is 0 Å². The lowest BCUT2D eigenvalue weighted by Gasteiger charge is -2.30. The van der Waals surface area contributed by atoms with Gasteiger partial charge in [-0.2, -0.15) is 5.26 Å². The highest BCUT2D eigenvalue weighted by atomic mass is 16.2. The normalized spacial score (nSPS) is 20.2. The van der Waals surface area contributed by atoms with Gasteiger partial charge in [0.25, 0.3) is 0 Å². The van der Waals surface area contributed by atoms with Gasteiger partial charge in [-0.15, -0.1) is 0 Å². The highest BCUT2D eigenvalue weighted by Crippen LogP contribution is 2.34. The molecule has 0 radical (unpaired) electrons. The minimum absolute atomic E-state index is 0.0533. The molecular formula is C16H29N3O. The predicted molar refractivity (Wildman–Crippen MR) is 81.1 cm³/mol. The molecule has 4 nitrogen and oxygen atoms in total. The van der Waals surface area contributed by atoms with Crippen molar-refractivity contribution in [1.82, 2.24) is 10.2 Å². The molecule has 0 spiro atoms. The molecule has 1 fully saturated rings. The number of nitriles is 1. The van der Waals surface area contributed by atoms with E-state index in [-0.39, 0.29) is 11.9 Å². The van der Waals surface area contributed by atoms with Crippen LogP contribution in [0.2, 0.25) is 0 Å². The van der Waals surface area contributed by atoms with Crippen LogP contribution in [0.25, 0.3) is 0 Å². The van der Waals surface area contributed by atoms with Gasteiger partial charge in [0.2, 0.25) is 5.91 Å². The maximum atomic E-state index is 12.6. The summed E-state index contributed by atoms with van der Waals surface area (Å²) in [6, 6.07) is 2.43. The van der Waals surface area contributed by atoms with Crippen molar-refractivity contribution in [2.45, 2.75) is 58.4 Å². The number of rotatable bonds is 5. The largest absolute Gasteiger partial charge is 0.350 e. The van der Waals surface area contributed by atoms with Gasteiger partial charge in [-0.25, -0.2) is 0 Å². The number of carbonyl (C=O) groups is 1. The van der Waals surface area contributed by atoms with Crippen LogP contribution in [0.5, 0.6) is 0 Å². The Balaban J connectivity index is 2.77. The van der Waals surface area contributed by atoms with Crippen LogP contribution in [-0.2, 0) is 4.79 Å². The zero-order chi connectivity index (χ0) is 15.2. The quantitative estimate of drug-likeness (QED) is 0.787. The van der Waals surface area contributed by atoms with Gasteiger partial charge in [0.1, 0.15) is 5.41 Å². The van der Waals surface area contributed by atoms with Crippen molar-refractivity contribution < 1.29 is 4.79 Å². The Kier molecular flexibility index (Phi) is 6.48. The van der Waals surface area contributed by atoms with Gasteiger partial charge in [-0.1, -0.05) is 39.5 Å². The van der Waals surface area contributed by atoms with Crippen LogP contribution in [0.4, 0.5) is 0 Å². The van der Waals surface area contributed by atoms with Crippen molar-refractivity contribution in [2.75, 3.05) is 20.6 Å². The number of hydrogen-bond donors (Lipinski definition) is 1. The highest BCUT2D eigenvalue weighted by Gasteiger charge is 2.39. The van der Waals surface area contributed by atoms with Crippen LogP contribution < -0.4 is 5.32 Å². The Bertz CT molecular complexity index is 349. The molecule has 0 saturated heterocycles. The second kappa shape index (κ2) is 7.64. The van der Waals surface area contributed by atoms with Crippen LogP contribution in [0, 0.1) is 22.7 Å². The first kappa shape index (κ1) is 17.0. The lowest BCUT2D eigenvalue weighted by atomic mass is 9.80. The molecule has 1 aliphatic carbocycles. The van der Waals surface area contributed by atoms with Crippen LogP contribution in [0.3, 0.4) is 0 Å². The van der Waals surface area contributed by atoms with Gasteiger partial charge in [-0.05, 0) is 32.9 Å². The molecule has 1 amide bonds. The molecule has 4 heteroatoms. The summed E-state index contributed by atoms with van der Waals surface area (Å²) in [7, 11) is 4.01. The average Bonchev–Trinajstić information content (AvgIpc) is 2.63. The van der Waals surface area contributed by atoms with Crippen LogP contribution in [0.1, 0.15) is 52.4 Å². The second-order valence-electron chi connectivity index (χ2n) is 6.69. The van der Waals surface area contributed by atoms with Gasteiger partial charge in [-0.3, -0.25) is 4.79 Å². The maximum absolute atomic E-state index is 12.6. The molecule has 0 aliphatic heterocycles. The molecule has 1 aliphatic rings. The molecule has 0 aromatic rings. The van der Waals surface area contributed by atoms with E-state index in [1.165, 1.54) is 0 Å². The van der Waals surface area contributed by atoms with E-state index in [9.17, 15) is 10.1 Å². The summed E-state index contributed by atoms with van der Waals surface area (Å²) in [6.07, 6.45) is 5.68. The third-order valence-electron chi connectivity index (χ3n) is 4.29. The van der Waals surface area contributed by atoms with Gasteiger partial charge >= 0.3 is 0 Å².